The van der Waals surface area contributed by atoms with E-state index in [0.717, 1.165) is 11.2 Å². The molecule has 0 aliphatic rings. The van der Waals surface area contributed by atoms with Crippen molar-refractivity contribution >= 4 is 16.9 Å². The van der Waals surface area contributed by atoms with Gasteiger partial charge >= 0.3 is 0 Å². The van der Waals surface area contributed by atoms with Crippen molar-refractivity contribution < 1.29 is 4.79 Å². The standard InChI is InChI=1S/C16H17N5O/c1-10-8-18-15(19-10)16(2,3)21-14(22)13-9-17-11-6-4-5-7-12(11)20-13/h4-9H,1-3H3,(H,18,19)(H,21,22). The number of benzene rings is 1. The van der Waals surface area contributed by atoms with E-state index in [1.54, 1.807) is 6.20 Å². The molecule has 2 aromatic heterocycles. The predicted molar refractivity (Wildman–Crippen MR) is 83.4 cm³/mol. The molecule has 0 aliphatic carbocycles. The first-order chi connectivity index (χ1) is 10.5. The van der Waals surface area contributed by atoms with Crippen LogP contribution in [0, 0.1) is 6.92 Å². The van der Waals surface area contributed by atoms with Gasteiger partial charge in [0.2, 0.25) is 0 Å². The van der Waals surface area contributed by atoms with Crippen molar-refractivity contribution in [1.29, 1.82) is 0 Å². The first kappa shape index (κ1) is 14.2. The zero-order chi connectivity index (χ0) is 15.7. The fourth-order valence-corrected chi connectivity index (χ4v) is 2.20. The van der Waals surface area contributed by atoms with Gasteiger partial charge in [-0.3, -0.25) is 9.78 Å². The second kappa shape index (κ2) is 5.22. The zero-order valence-electron chi connectivity index (χ0n) is 12.7. The minimum Gasteiger partial charge on any atom is -0.344 e. The Morgan fingerprint density at radius 3 is 2.55 bits per heavy atom. The van der Waals surface area contributed by atoms with Crippen LogP contribution >= 0.6 is 0 Å². The molecule has 2 heterocycles. The Morgan fingerprint density at radius 2 is 1.86 bits per heavy atom. The van der Waals surface area contributed by atoms with Crippen molar-refractivity contribution in [3.8, 4) is 0 Å². The van der Waals surface area contributed by atoms with Crippen molar-refractivity contribution in [2.45, 2.75) is 26.3 Å². The molecule has 0 bridgehead atoms. The third-order valence-corrected chi connectivity index (χ3v) is 3.40. The molecule has 0 unspecified atom stereocenters. The summed E-state index contributed by atoms with van der Waals surface area (Å²) in [4.78, 5) is 28.5. The molecule has 0 radical (unpaired) electrons. The van der Waals surface area contributed by atoms with E-state index in [0.29, 0.717) is 11.3 Å². The van der Waals surface area contributed by atoms with E-state index >= 15 is 0 Å². The van der Waals surface area contributed by atoms with Gasteiger partial charge in [-0.05, 0) is 32.9 Å². The molecule has 1 amide bonds. The average Bonchev–Trinajstić information content (AvgIpc) is 2.94. The summed E-state index contributed by atoms with van der Waals surface area (Å²) in [6.45, 7) is 5.69. The monoisotopic (exact) mass is 295 g/mol. The van der Waals surface area contributed by atoms with E-state index < -0.39 is 5.54 Å². The molecule has 112 valence electrons. The van der Waals surface area contributed by atoms with Crippen molar-refractivity contribution in [2.75, 3.05) is 0 Å². The van der Waals surface area contributed by atoms with Crippen LogP contribution in [0.3, 0.4) is 0 Å². The van der Waals surface area contributed by atoms with Crippen LogP contribution in [0.15, 0.2) is 36.7 Å². The molecule has 6 heteroatoms. The number of rotatable bonds is 3. The van der Waals surface area contributed by atoms with Gasteiger partial charge in [0.1, 0.15) is 11.5 Å². The first-order valence-electron chi connectivity index (χ1n) is 7.02. The summed E-state index contributed by atoms with van der Waals surface area (Å²) in [5.74, 6) is 0.421. The SMILES string of the molecule is Cc1cnc(C(C)(C)NC(=O)c2cnc3ccccc3n2)[nH]1. The maximum Gasteiger partial charge on any atom is 0.272 e. The Bertz CT molecular complexity index is 837. The molecular formula is C16H17N5O. The minimum atomic E-state index is -0.626. The normalized spacial score (nSPS) is 11.6. The van der Waals surface area contributed by atoms with E-state index in [1.807, 2.05) is 45.0 Å². The summed E-state index contributed by atoms with van der Waals surface area (Å²) >= 11 is 0. The molecule has 22 heavy (non-hydrogen) atoms. The number of carbonyl (C=O) groups is 1. The van der Waals surface area contributed by atoms with Crippen molar-refractivity contribution in [1.82, 2.24) is 25.3 Å². The number of fused-ring (bicyclic) bond motifs is 1. The second-order valence-corrected chi connectivity index (χ2v) is 5.74. The molecule has 6 nitrogen and oxygen atoms in total. The predicted octanol–water partition coefficient (Wildman–Crippen LogP) is 2.33. The summed E-state index contributed by atoms with van der Waals surface area (Å²) in [5, 5.41) is 2.93. The Balaban J connectivity index is 1.86. The third kappa shape index (κ3) is 2.67. The van der Waals surface area contributed by atoms with E-state index in [2.05, 4.69) is 25.3 Å². The number of aromatic nitrogens is 4. The van der Waals surface area contributed by atoms with Crippen LogP contribution in [0.25, 0.3) is 11.0 Å². The number of nitrogens with one attached hydrogen (secondary N) is 2. The Morgan fingerprint density at radius 1 is 1.14 bits per heavy atom. The third-order valence-electron chi connectivity index (χ3n) is 3.40. The van der Waals surface area contributed by atoms with E-state index in [9.17, 15) is 4.79 Å². The van der Waals surface area contributed by atoms with Crippen LogP contribution in [-0.4, -0.2) is 25.8 Å². The van der Waals surface area contributed by atoms with Crippen LogP contribution in [0.5, 0.6) is 0 Å². The zero-order valence-corrected chi connectivity index (χ0v) is 12.7. The van der Waals surface area contributed by atoms with Gasteiger partial charge in [-0.15, -0.1) is 0 Å². The number of hydrogen-bond acceptors (Lipinski definition) is 4. The van der Waals surface area contributed by atoms with Gasteiger partial charge in [-0.2, -0.15) is 0 Å². The largest absolute Gasteiger partial charge is 0.344 e. The quantitative estimate of drug-likeness (QED) is 0.776. The number of amides is 1. The summed E-state index contributed by atoms with van der Waals surface area (Å²) in [6, 6.07) is 7.45. The fraction of sp³-hybridized carbons (Fsp3) is 0.250. The van der Waals surface area contributed by atoms with Gasteiger partial charge in [0.05, 0.1) is 22.8 Å². The number of aryl methyl sites for hydroxylation is 1. The van der Waals surface area contributed by atoms with Crippen LogP contribution in [0.1, 0.15) is 35.9 Å². The lowest BCUT2D eigenvalue weighted by molar-refractivity contribution is 0.0903. The number of imidazole rings is 1. The minimum absolute atomic E-state index is 0.280. The van der Waals surface area contributed by atoms with Gasteiger partial charge in [-0.1, -0.05) is 12.1 Å². The number of aromatic amines is 1. The maximum atomic E-state index is 12.4. The van der Waals surface area contributed by atoms with Crippen molar-refractivity contribution in [3.05, 3.63) is 53.9 Å². The van der Waals surface area contributed by atoms with Gasteiger partial charge in [0.25, 0.3) is 5.91 Å². The van der Waals surface area contributed by atoms with Gasteiger partial charge in [0, 0.05) is 11.9 Å². The highest BCUT2D eigenvalue weighted by atomic mass is 16.2. The molecule has 0 saturated carbocycles. The number of hydrogen-bond donors (Lipinski definition) is 2. The molecule has 3 rings (SSSR count). The molecule has 0 aliphatic heterocycles. The molecule has 2 N–H and O–H groups in total. The second-order valence-electron chi connectivity index (χ2n) is 5.74. The fourth-order valence-electron chi connectivity index (χ4n) is 2.20. The molecule has 0 saturated heterocycles. The lowest BCUT2D eigenvalue weighted by Crippen LogP contribution is -2.42. The van der Waals surface area contributed by atoms with Gasteiger partial charge in [-0.25, -0.2) is 9.97 Å². The molecule has 0 spiro atoms. The van der Waals surface area contributed by atoms with Gasteiger partial charge in [0.15, 0.2) is 0 Å². The topological polar surface area (TPSA) is 83.6 Å². The molecule has 1 aromatic carbocycles. The van der Waals surface area contributed by atoms with Crippen LogP contribution in [0.2, 0.25) is 0 Å². The lowest BCUT2D eigenvalue weighted by Gasteiger charge is -2.23. The molecular weight excluding hydrogens is 278 g/mol. The van der Waals surface area contributed by atoms with E-state index in [4.69, 9.17) is 0 Å². The van der Waals surface area contributed by atoms with Crippen LogP contribution < -0.4 is 5.32 Å². The van der Waals surface area contributed by atoms with Crippen molar-refractivity contribution in [2.24, 2.45) is 0 Å². The van der Waals surface area contributed by atoms with Gasteiger partial charge < -0.3 is 10.3 Å². The Hall–Kier alpha value is -2.76. The summed E-state index contributed by atoms with van der Waals surface area (Å²) in [6.07, 6.45) is 3.22. The number of H-pyrrole nitrogens is 1. The van der Waals surface area contributed by atoms with Crippen LogP contribution in [-0.2, 0) is 5.54 Å². The number of carbonyl (C=O) groups excluding carboxylic acids is 1. The maximum absolute atomic E-state index is 12.4. The molecule has 3 aromatic rings. The lowest BCUT2D eigenvalue weighted by atomic mass is 10.0. The molecule has 0 atom stereocenters. The van der Waals surface area contributed by atoms with Crippen molar-refractivity contribution in [3.63, 3.8) is 0 Å². The summed E-state index contributed by atoms with van der Waals surface area (Å²) in [7, 11) is 0. The molecule has 0 fully saturated rings. The van der Waals surface area contributed by atoms with E-state index in [-0.39, 0.29) is 11.6 Å². The average molecular weight is 295 g/mol. The smallest absolute Gasteiger partial charge is 0.272 e. The number of nitrogens with zero attached hydrogens (tertiary/aromatic N) is 3. The first-order valence-corrected chi connectivity index (χ1v) is 7.02. The summed E-state index contributed by atoms with van der Waals surface area (Å²) in [5.41, 5.74) is 2.07. The highest BCUT2D eigenvalue weighted by molar-refractivity contribution is 5.94. The highest BCUT2D eigenvalue weighted by Crippen LogP contribution is 2.17. The van der Waals surface area contributed by atoms with E-state index in [1.165, 1.54) is 6.20 Å². The summed E-state index contributed by atoms with van der Waals surface area (Å²) < 4.78 is 0. The van der Waals surface area contributed by atoms with Crippen LogP contribution in [0.4, 0.5) is 0 Å². The highest BCUT2D eigenvalue weighted by Gasteiger charge is 2.27. The Labute approximate surface area is 128 Å². The number of para-hydroxylation sites is 2. The Kier molecular flexibility index (Phi) is 3.36.